The van der Waals surface area contributed by atoms with Crippen molar-refractivity contribution in [2.75, 3.05) is 13.2 Å². The van der Waals surface area contributed by atoms with Gasteiger partial charge in [-0.05, 0) is 19.1 Å². The molecule has 0 aliphatic heterocycles. The maximum atomic E-state index is 11.1. The SMILES string of the molecule is CCOC(=O)COc1cccc2[nH]nnc12. The number of carbonyl (C=O) groups is 1. The average Bonchev–Trinajstić information content (AvgIpc) is 2.75. The van der Waals surface area contributed by atoms with Gasteiger partial charge in [0.2, 0.25) is 0 Å². The minimum absolute atomic E-state index is 0.125. The number of fused-ring (bicyclic) bond motifs is 1. The van der Waals surface area contributed by atoms with E-state index in [0.29, 0.717) is 17.9 Å². The number of carbonyl (C=O) groups excluding carboxylic acids is 1. The Morgan fingerprint density at radius 1 is 1.50 bits per heavy atom. The fourth-order valence-electron chi connectivity index (χ4n) is 1.30. The van der Waals surface area contributed by atoms with Gasteiger partial charge in [-0.15, -0.1) is 5.10 Å². The first-order valence-corrected chi connectivity index (χ1v) is 4.89. The predicted octanol–water partition coefficient (Wildman–Crippen LogP) is 0.900. The highest BCUT2D eigenvalue weighted by molar-refractivity contribution is 5.81. The molecule has 0 aliphatic carbocycles. The number of rotatable bonds is 4. The summed E-state index contributed by atoms with van der Waals surface area (Å²) < 4.78 is 10.0. The Kier molecular flexibility index (Phi) is 3.00. The zero-order valence-electron chi connectivity index (χ0n) is 8.77. The van der Waals surface area contributed by atoms with Crippen LogP contribution in [-0.4, -0.2) is 34.6 Å². The van der Waals surface area contributed by atoms with Gasteiger partial charge in [0, 0.05) is 0 Å². The molecular weight excluding hydrogens is 210 g/mol. The van der Waals surface area contributed by atoms with Gasteiger partial charge in [0.1, 0.15) is 5.75 Å². The number of aromatic nitrogens is 3. The van der Waals surface area contributed by atoms with Gasteiger partial charge in [-0.3, -0.25) is 5.10 Å². The third kappa shape index (κ3) is 2.10. The molecule has 0 radical (unpaired) electrons. The van der Waals surface area contributed by atoms with E-state index in [9.17, 15) is 4.79 Å². The van der Waals surface area contributed by atoms with E-state index >= 15 is 0 Å². The average molecular weight is 221 g/mol. The molecule has 0 spiro atoms. The molecule has 0 saturated heterocycles. The Morgan fingerprint density at radius 3 is 3.19 bits per heavy atom. The summed E-state index contributed by atoms with van der Waals surface area (Å²) in [6.07, 6.45) is 0. The molecule has 0 amide bonds. The van der Waals surface area contributed by atoms with Gasteiger partial charge in [0.25, 0.3) is 0 Å². The number of hydrogen-bond donors (Lipinski definition) is 1. The summed E-state index contributed by atoms with van der Waals surface area (Å²) in [5.74, 6) is 0.113. The molecule has 1 aromatic heterocycles. The Balaban J connectivity index is 2.09. The number of aromatic amines is 1. The number of nitrogens with one attached hydrogen (secondary N) is 1. The van der Waals surface area contributed by atoms with E-state index < -0.39 is 5.97 Å². The summed E-state index contributed by atoms with van der Waals surface area (Å²) >= 11 is 0. The number of hydrogen-bond acceptors (Lipinski definition) is 5. The van der Waals surface area contributed by atoms with E-state index in [-0.39, 0.29) is 6.61 Å². The summed E-state index contributed by atoms with van der Waals surface area (Å²) in [6.45, 7) is 1.96. The van der Waals surface area contributed by atoms with Crippen LogP contribution < -0.4 is 4.74 Å². The van der Waals surface area contributed by atoms with Crippen LogP contribution in [0.15, 0.2) is 18.2 Å². The monoisotopic (exact) mass is 221 g/mol. The van der Waals surface area contributed by atoms with Crippen molar-refractivity contribution in [3.63, 3.8) is 0 Å². The van der Waals surface area contributed by atoms with Crippen molar-refractivity contribution in [2.24, 2.45) is 0 Å². The second-order valence-electron chi connectivity index (χ2n) is 3.06. The summed E-state index contributed by atoms with van der Waals surface area (Å²) in [4.78, 5) is 11.1. The first-order chi connectivity index (χ1) is 7.81. The molecule has 16 heavy (non-hydrogen) atoms. The highest BCUT2D eigenvalue weighted by atomic mass is 16.6. The lowest BCUT2D eigenvalue weighted by Crippen LogP contribution is -2.14. The van der Waals surface area contributed by atoms with Gasteiger partial charge in [-0.1, -0.05) is 11.3 Å². The fourth-order valence-corrected chi connectivity index (χ4v) is 1.30. The summed E-state index contributed by atoms with van der Waals surface area (Å²) in [5.41, 5.74) is 1.37. The third-order valence-electron chi connectivity index (χ3n) is 1.97. The molecule has 1 heterocycles. The minimum Gasteiger partial charge on any atom is -0.479 e. The normalized spacial score (nSPS) is 10.3. The van der Waals surface area contributed by atoms with E-state index in [0.717, 1.165) is 5.52 Å². The largest absolute Gasteiger partial charge is 0.479 e. The van der Waals surface area contributed by atoms with Crippen LogP contribution in [0.1, 0.15) is 6.92 Å². The number of benzene rings is 1. The molecule has 2 aromatic rings. The molecule has 1 aromatic carbocycles. The first-order valence-electron chi connectivity index (χ1n) is 4.89. The predicted molar refractivity (Wildman–Crippen MR) is 56.0 cm³/mol. The van der Waals surface area contributed by atoms with Gasteiger partial charge in [-0.25, -0.2) is 4.79 Å². The van der Waals surface area contributed by atoms with Gasteiger partial charge < -0.3 is 9.47 Å². The minimum atomic E-state index is -0.400. The molecule has 84 valence electrons. The Hall–Kier alpha value is -2.11. The van der Waals surface area contributed by atoms with Crippen LogP contribution in [0.4, 0.5) is 0 Å². The van der Waals surface area contributed by atoms with Gasteiger partial charge in [0.15, 0.2) is 12.1 Å². The second kappa shape index (κ2) is 4.61. The molecule has 6 heteroatoms. The lowest BCUT2D eigenvalue weighted by Gasteiger charge is -2.05. The quantitative estimate of drug-likeness (QED) is 0.776. The molecule has 1 N–H and O–H groups in total. The highest BCUT2D eigenvalue weighted by Crippen LogP contribution is 2.20. The third-order valence-corrected chi connectivity index (χ3v) is 1.97. The topological polar surface area (TPSA) is 77.1 Å². The first kappa shape index (κ1) is 10.4. The van der Waals surface area contributed by atoms with E-state index in [1.165, 1.54) is 0 Å². The highest BCUT2D eigenvalue weighted by Gasteiger charge is 2.08. The van der Waals surface area contributed by atoms with Crippen LogP contribution in [-0.2, 0) is 9.53 Å². The van der Waals surface area contributed by atoms with Crippen LogP contribution in [0, 0.1) is 0 Å². The van der Waals surface area contributed by atoms with Crippen LogP contribution in [0.25, 0.3) is 11.0 Å². The summed E-state index contributed by atoms with van der Waals surface area (Å²) in [7, 11) is 0. The lowest BCUT2D eigenvalue weighted by molar-refractivity contribution is -0.145. The lowest BCUT2D eigenvalue weighted by atomic mass is 10.3. The van der Waals surface area contributed by atoms with Crippen molar-refractivity contribution < 1.29 is 14.3 Å². The number of H-pyrrole nitrogens is 1. The molecule has 0 unspecified atom stereocenters. The molecular formula is C10H11N3O3. The molecule has 0 bridgehead atoms. The van der Waals surface area contributed by atoms with Crippen LogP contribution in [0.2, 0.25) is 0 Å². The van der Waals surface area contributed by atoms with Gasteiger partial charge >= 0.3 is 5.97 Å². The van der Waals surface area contributed by atoms with Crippen LogP contribution in [0.3, 0.4) is 0 Å². The number of nitrogens with zero attached hydrogens (tertiary/aromatic N) is 2. The smallest absolute Gasteiger partial charge is 0.344 e. The van der Waals surface area contributed by atoms with Crippen LogP contribution in [0.5, 0.6) is 5.75 Å². The van der Waals surface area contributed by atoms with Crippen molar-refractivity contribution in [3.8, 4) is 5.75 Å². The van der Waals surface area contributed by atoms with Crippen molar-refractivity contribution in [1.29, 1.82) is 0 Å². The van der Waals surface area contributed by atoms with E-state index in [1.807, 2.05) is 6.07 Å². The summed E-state index contributed by atoms with van der Waals surface area (Å²) in [6, 6.07) is 5.35. The fraction of sp³-hybridized carbons (Fsp3) is 0.300. The van der Waals surface area contributed by atoms with Crippen molar-refractivity contribution in [2.45, 2.75) is 6.92 Å². The number of ether oxygens (including phenoxy) is 2. The Bertz CT molecular complexity index is 495. The molecule has 0 fully saturated rings. The zero-order chi connectivity index (χ0) is 11.4. The van der Waals surface area contributed by atoms with Gasteiger partial charge in [0.05, 0.1) is 12.1 Å². The Morgan fingerprint density at radius 2 is 2.38 bits per heavy atom. The molecule has 6 nitrogen and oxygen atoms in total. The molecule has 0 saturated carbocycles. The van der Waals surface area contributed by atoms with Crippen molar-refractivity contribution in [1.82, 2.24) is 15.4 Å². The standard InChI is InChI=1S/C10H11N3O3/c1-2-15-9(14)6-16-8-5-3-4-7-10(8)12-13-11-7/h3-5H,2,6H2,1H3,(H,11,12,13). The van der Waals surface area contributed by atoms with E-state index in [1.54, 1.807) is 19.1 Å². The van der Waals surface area contributed by atoms with Gasteiger partial charge in [-0.2, -0.15) is 0 Å². The number of esters is 1. The Labute approximate surface area is 91.5 Å². The van der Waals surface area contributed by atoms with Crippen LogP contribution >= 0.6 is 0 Å². The van der Waals surface area contributed by atoms with Crippen molar-refractivity contribution in [3.05, 3.63) is 18.2 Å². The second-order valence-corrected chi connectivity index (χ2v) is 3.06. The van der Waals surface area contributed by atoms with E-state index in [4.69, 9.17) is 9.47 Å². The maximum Gasteiger partial charge on any atom is 0.344 e. The molecule has 0 aliphatic rings. The maximum absolute atomic E-state index is 11.1. The molecule has 2 rings (SSSR count). The van der Waals surface area contributed by atoms with Crippen molar-refractivity contribution >= 4 is 17.0 Å². The summed E-state index contributed by atoms with van der Waals surface area (Å²) in [5, 5.41) is 10.2. The zero-order valence-corrected chi connectivity index (χ0v) is 8.77. The molecule has 0 atom stereocenters. The van der Waals surface area contributed by atoms with E-state index in [2.05, 4.69) is 15.4 Å².